The van der Waals surface area contributed by atoms with Crippen LogP contribution in [-0.4, -0.2) is 46.5 Å². The third-order valence-electron chi connectivity index (χ3n) is 4.24. The van der Waals surface area contributed by atoms with Gasteiger partial charge in [-0.25, -0.2) is 0 Å². The molecule has 5 nitrogen and oxygen atoms in total. The summed E-state index contributed by atoms with van der Waals surface area (Å²) in [6.45, 7) is 4.09. The van der Waals surface area contributed by atoms with Crippen molar-refractivity contribution in [3.63, 3.8) is 0 Å². The summed E-state index contributed by atoms with van der Waals surface area (Å²) in [7, 11) is 1.66. The van der Waals surface area contributed by atoms with E-state index >= 15 is 0 Å². The summed E-state index contributed by atoms with van der Waals surface area (Å²) in [5, 5.41) is 0. The Morgan fingerprint density at radius 3 is 2.35 bits per heavy atom. The van der Waals surface area contributed by atoms with E-state index < -0.39 is 0 Å². The fourth-order valence-electron chi connectivity index (χ4n) is 2.85. The van der Waals surface area contributed by atoms with E-state index in [1.807, 2.05) is 11.0 Å². The Labute approximate surface area is 135 Å². The molecule has 0 radical (unpaired) electrons. The van der Waals surface area contributed by atoms with Crippen LogP contribution in [0.5, 0.6) is 0 Å². The van der Waals surface area contributed by atoms with Crippen LogP contribution in [0.15, 0.2) is 53.5 Å². The molecule has 3 rings (SSSR count). The molecule has 2 aromatic rings. The van der Waals surface area contributed by atoms with E-state index in [0.29, 0.717) is 18.7 Å². The van der Waals surface area contributed by atoms with Gasteiger partial charge in [0.1, 0.15) is 0 Å². The SMILES string of the molecule is Cn1cc(C(=O)N2CCN(Cc3ccccc3)CC2)ccc1=O. The summed E-state index contributed by atoms with van der Waals surface area (Å²) in [5.41, 5.74) is 1.77. The number of nitrogens with zero attached hydrogens (tertiary/aromatic N) is 3. The lowest BCUT2D eigenvalue weighted by molar-refractivity contribution is 0.0627. The van der Waals surface area contributed by atoms with Crippen molar-refractivity contribution in [2.75, 3.05) is 26.2 Å². The van der Waals surface area contributed by atoms with E-state index in [1.165, 1.54) is 16.2 Å². The van der Waals surface area contributed by atoms with Gasteiger partial charge in [0.15, 0.2) is 0 Å². The second-order valence-corrected chi connectivity index (χ2v) is 5.92. The zero-order valence-electron chi connectivity index (χ0n) is 13.3. The largest absolute Gasteiger partial charge is 0.336 e. The van der Waals surface area contributed by atoms with Gasteiger partial charge in [-0.3, -0.25) is 14.5 Å². The van der Waals surface area contributed by atoms with Crippen LogP contribution in [0.3, 0.4) is 0 Å². The maximum atomic E-state index is 12.5. The molecule has 0 aliphatic carbocycles. The van der Waals surface area contributed by atoms with Gasteiger partial charge in [-0.2, -0.15) is 0 Å². The van der Waals surface area contributed by atoms with Crippen LogP contribution in [0.2, 0.25) is 0 Å². The number of carbonyl (C=O) groups is 1. The molecule has 1 aromatic carbocycles. The molecule has 0 bridgehead atoms. The van der Waals surface area contributed by atoms with Crippen molar-refractivity contribution in [2.24, 2.45) is 7.05 Å². The first-order valence-corrected chi connectivity index (χ1v) is 7.86. The lowest BCUT2D eigenvalue weighted by Gasteiger charge is -2.34. The number of aromatic nitrogens is 1. The highest BCUT2D eigenvalue weighted by molar-refractivity contribution is 5.94. The molecule has 0 atom stereocenters. The van der Waals surface area contributed by atoms with Gasteiger partial charge in [0.25, 0.3) is 5.91 Å². The van der Waals surface area contributed by atoms with Crippen molar-refractivity contribution in [3.8, 4) is 0 Å². The van der Waals surface area contributed by atoms with E-state index in [2.05, 4.69) is 29.2 Å². The molecule has 0 unspecified atom stereocenters. The van der Waals surface area contributed by atoms with Crippen LogP contribution < -0.4 is 5.56 Å². The number of amides is 1. The summed E-state index contributed by atoms with van der Waals surface area (Å²) in [6, 6.07) is 13.4. The molecule has 1 saturated heterocycles. The van der Waals surface area contributed by atoms with Gasteiger partial charge in [0.2, 0.25) is 5.56 Å². The molecule has 0 saturated carbocycles. The van der Waals surface area contributed by atoms with Gasteiger partial charge in [0, 0.05) is 52.0 Å². The minimum Gasteiger partial charge on any atom is -0.336 e. The number of hydrogen-bond donors (Lipinski definition) is 0. The molecule has 2 heterocycles. The fraction of sp³-hybridized carbons (Fsp3) is 0.333. The quantitative estimate of drug-likeness (QED) is 0.859. The second kappa shape index (κ2) is 6.79. The van der Waals surface area contributed by atoms with Crippen molar-refractivity contribution in [2.45, 2.75) is 6.54 Å². The maximum absolute atomic E-state index is 12.5. The van der Waals surface area contributed by atoms with E-state index in [4.69, 9.17) is 0 Å². The molecule has 0 spiro atoms. The maximum Gasteiger partial charge on any atom is 0.255 e. The number of piperazine rings is 1. The molecule has 23 heavy (non-hydrogen) atoms. The monoisotopic (exact) mass is 311 g/mol. The Kier molecular flexibility index (Phi) is 4.57. The third kappa shape index (κ3) is 3.68. The van der Waals surface area contributed by atoms with E-state index in [0.717, 1.165) is 19.6 Å². The minimum atomic E-state index is -0.103. The highest BCUT2D eigenvalue weighted by Crippen LogP contribution is 2.11. The highest BCUT2D eigenvalue weighted by Gasteiger charge is 2.22. The van der Waals surface area contributed by atoms with Crippen LogP contribution in [0.4, 0.5) is 0 Å². The van der Waals surface area contributed by atoms with E-state index in [1.54, 1.807) is 19.3 Å². The number of hydrogen-bond acceptors (Lipinski definition) is 3. The first-order valence-electron chi connectivity index (χ1n) is 7.86. The Balaban J connectivity index is 1.59. The molecular weight excluding hydrogens is 290 g/mol. The van der Waals surface area contributed by atoms with Crippen LogP contribution in [0, 0.1) is 0 Å². The third-order valence-corrected chi connectivity index (χ3v) is 4.24. The van der Waals surface area contributed by atoms with Crippen LogP contribution in [0.25, 0.3) is 0 Å². The van der Waals surface area contributed by atoms with Gasteiger partial charge < -0.3 is 9.47 Å². The molecule has 5 heteroatoms. The van der Waals surface area contributed by atoms with Crippen LogP contribution in [0.1, 0.15) is 15.9 Å². The Bertz CT molecular complexity index is 731. The van der Waals surface area contributed by atoms with E-state index in [-0.39, 0.29) is 11.5 Å². The normalized spacial score (nSPS) is 15.6. The Hall–Kier alpha value is -2.40. The molecule has 1 amide bonds. The standard InChI is InChI=1S/C18H21N3O2/c1-19-14-16(7-8-17(19)22)18(23)21-11-9-20(10-12-21)13-15-5-3-2-4-6-15/h2-8,14H,9-13H2,1H3. The van der Waals surface area contributed by atoms with E-state index in [9.17, 15) is 9.59 Å². The summed E-state index contributed by atoms with van der Waals surface area (Å²) in [6.07, 6.45) is 1.61. The second-order valence-electron chi connectivity index (χ2n) is 5.92. The van der Waals surface area contributed by atoms with Crippen molar-refractivity contribution in [1.29, 1.82) is 0 Å². The van der Waals surface area contributed by atoms with Gasteiger partial charge in [-0.1, -0.05) is 30.3 Å². The minimum absolute atomic E-state index is 0.0000360. The fourth-order valence-corrected chi connectivity index (χ4v) is 2.85. The molecular formula is C18H21N3O2. The molecule has 1 aliphatic rings. The molecule has 120 valence electrons. The van der Waals surface area contributed by atoms with Crippen molar-refractivity contribution < 1.29 is 4.79 Å². The van der Waals surface area contributed by atoms with Crippen LogP contribution in [-0.2, 0) is 13.6 Å². The molecule has 1 aromatic heterocycles. The predicted molar refractivity (Wildman–Crippen MR) is 89.3 cm³/mol. The number of aryl methyl sites for hydroxylation is 1. The lowest BCUT2D eigenvalue weighted by Crippen LogP contribution is -2.48. The van der Waals surface area contributed by atoms with Gasteiger partial charge in [0.05, 0.1) is 5.56 Å². The van der Waals surface area contributed by atoms with Gasteiger partial charge in [-0.05, 0) is 11.6 Å². The predicted octanol–water partition coefficient (Wildman–Crippen LogP) is 1.34. The molecule has 1 fully saturated rings. The smallest absolute Gasteiger partial charge is 0.255 e. The van der Waals surface area contributed by atoms with Crippen LogP contribution >= 0.6 is 0 Å². The first-order chi connectivity index (χ1) is 11.1. The lowest BCUT2D eigenvalue weighted by atomic mass is 10.2. The number of rotatable bonds is 3. The van der Waals surface area contributed by atoms with Crippen molar-refractivity contribution in [3.05, 3.63) is 70.1 Å². The van der Waals surface area contributed by atoms with Gasteiger partial charge in [-0.15, -0.1) is 0 Å². The van der Waals surface area contributed by atoms with Gasteiger partial charge >= 0.3 is 0 Å². The highest BCUT2D eigenvalue weighted by atomic mass is 16.2. The zero-order valence-corrected chi connectivity index (χ0v) is 13.3. The summed E-state index contributed by atoms with van der Waals surface area (Å²) < 4.78 is 1.44. The number of benzene rings is 1. The number of carbonyl (C=O) groups excluding carboxylic acids is 1. The number of pyridine rings is 1. The van der Waals surface area contributed by atoms with Crippen molar-refractivity contribution >= 4 is 5.91 Å². The first kappa shape index (κ1) is 15.5. The zero-order chi connectivity index (χ0) is 16.2. The molecule has 0 N–H and O–H groups in total. The summed E-state index contributed by atoms with van der Waals surface area (Å²) in [4.78, 5) is 28.2. The summed E-state index contributed by atoms with van der Waals surface area (Å²) in [5.74, 6) is -0.0000360. The van der Waals surface area contributed by atoms with Crippen molar-refractivity contribution in [1.82, 2.24) is 14.4 Å². The topological polar surface area (TPSA) is 45.6 Å². The Morgan fingerprint density at radius 1 is 1.00 bits per heavy atom. The average molecular weight is 311 g/mol. The average Bonchev–Trinajstić information content (AvgIpc) is 2.58. The summed E-state index contributed by atoms with van der Waals surface area (Å²) >= 11 is 0. The molecule has 1 aliphatic heterocycles. The Morgan fingerprint density at radius 2 is 1.70 bits per heavy atom.